The maximum atomic E-state index is 12.1. The molecule has 2 aromatic rings. The van der Waals surface area contributed by atoms with Crippen LogP contribution in [-0.2, 0) is 0 Å². The fourth-order valence-corrected chi connectivity index (χ4v) is 3.30. The molecule has 1 aromatic carbocycles. The molecule has 1 fully saturated rings. The normalized spacial score (nSPS) is 24.2. The summed E-state index contributed by atoms with van der Waals surface area (Å²) in [4.78, 5) is 12.1. The van der Waals surface area contributed by atoms with Crippen molar-refractivity contribution in [3.8, 4) is 11.5 Å². The number of aromatic hydroxyl groups is 1. The van der Waals surface area contributed by atoms with Crippen molar-refractivity contribution in [2.24, 2.45) is 0 Å². The molecule has 104 valence electrons. The van der Waals surface area contributed by atoms with E-state index >= 15 is 0 Å². The van der Waals surface area contributed by atoms with Crippen molar-refractivity contribution < 1.29 is 14.3 Å². The second kappa shape index (κ2) is 3.99. The number of ether oxygens (including phenoxy) is 1. The lowest BCUT2D eigenvalue weighted by Gasteiger charge is -2.37. The highest BCUT2D eigenvalue weighted by Crippen LogP contribution is 2.45. The molecule has 1 aromatic heterocycles. The molecular weight excluding hydrogens is 258 g/mol. The van der Waals surface area contributed by atoms with Crippen molar-refractivity contribution in [2.75, 3.05) is 6.54 Å². The Balaban J connectivity index is 2.10. The number of phenols is 1. The summed E-state index contributed by atoms with van der Waals surface area (Å²) < 4.78 is 11.6. The third-order valence-electron chi connectivity index (χ3n) is 4.15. The summed E-state index contributed by atoms with van der Waals surface area (Å²) in [6.07, 6.45) is 1.82. The predicted molar refractivity (Wildman–Crippen MR) is 73.3 cm³/mol. The van der Waals surface area contributed by atoms with E-state index in [0.717, 1.165) is 24.9 Å². The lowest BCUT2D eigenvalue weighted by Crippen LogP contribution is -2.44. The Morgan fingerprint density at radius 3 is 3.10 bits per heavy atom. The average molecular weight is 273 g/mol. The van der Waals surface area contributed by atoms with Gasteiger partial charge in [-0.3, -0.25) is 10.1 Å². The van der Waals surface area contributed by atoms with Crippen LogP contribution in [0.3, 0.4) is 0 Å². The number of phenolic OH excluding ortho intramolecular Hbond substituents is 1. The van der Waals surface area contributed by atoms with Crippen LogP contribution in [0.4, 0.5) is 0 Å². The molecule has 2 atom stereocenters. The van der Waals surface area contributed by atoms with E-state index in [-0.39, 0.29) is 22.8 Å². The van der Waals surface area contributed by atoms with Crippen LogP contribution < -0.4 is 15.5 Å². The third kappa shape index (κ3) is 1.56. The zero-order chi connectivity index (χ0) is 13.9. The van der Waals surface area contributed by atoms with Crippen molar-refractivity contribution >= 4 is 11.0 Å². The molecule has 0 spiro atoms. The fourth-order valence-electron chi connectivity index (χ4n) is 3.30. The van der Waals surface area contributed by atoms with Crippen molar-refractivity contribution in [1.29, 1.82) is 0 Å². The van der Waals surface area contributed by atoms with E-state index in [1.807, 2.05) is 0 Å². The summed E-state index contributed by atoms with van der Waals surface area (Å²) in [6, 6.07) is 2.94. The number of hydrogen-bond donors (Lipinski definition) is 2. The minimum Gasteiger partial charge on any atom is -0.507 e. The molecule has 2 unspecified atom stereocenters. The summed E-state index contributed by atoms with van der Waals surface area (Å²) in [6.45, 7) is 2.62. The number of nitrogens with one attached hydrogen (secondary N) is 1. The van der Waals surface area contributed by atoms with Crippen LogP contribution in [0, 0.1) is 6.92 Å². The zero-order valence-electron chi connectivity index (χ0n) is 11.1. The van der Waals surface area contributed by atoms with Gasteiger partial charge in [0.05, 0.1) is 0 Å². The molecule has 5 heteroatoms. The van der Waals surface area contributed by atoms with Gasteiger partial charge in [0, 0.05) is 24.1 Å². The van der Waals surface area contributed by atoms with E-state index < -0.39 is 0 Å². The highest BCUT2D eigenvalue weighted by molar-refractivity contribution is 5.88. The maximum absolute atomic E-state index is 12.1. The molecule has 2 bridgehead atoms. The van der Waals surface area contributed by atoms with Crippen LogP contribution in [0.25, 0.3) is 11.0 Å². The van der Waals surface area contributed by atoms with E-state index in [2.05, 4.69) is 5.32 Å². The molecule has 4 rings (SSSR count). The Morgan fingerprint density at radius 2 is 2.25 bits per heavy atom. The van der Waals surface area contributed by atoms with Gasteiger partial charge in [-0.2, -0.15) is 0 Å². The largest absolute Gasteiger partial charge is 0.507 e. The highest BCUT2D eigenvalue weighted by atomic mass is 16.5. The van der Waals surface area contributed by atoms with Gasteiger partial charge >= 0.3 is 0 Å². The van der Waals surface area contributed by atoms with Crippen LogP contribution in [0.15, 0.2) is 21.3 Å². The Bertz CT molecular complexity index is 765. The van der Waals surface area contributed by atoms with Gasteiger partial charge in [0.15, 0.2) is 11.7 Å². The molecule has 3 heterocycles. The molecule has 1 saturated heterocycles. The summed E-state index contributed by atoms with van der Waals surface area (Å²) in [5, 5.41) is 13.6. The number of piperidine rings is 1. The molecule has 0 saturated carbocycles. The Kier molecular flexibility index (Phi) is 2.35. The first kappa shape index (κ1) is 11.8. The van der Waals surface area contributed by atoms with Crippen LogP contribution in [-0.4, -0.2) is 17.9 Å². The number of fused-ring (bicyclic) bond motifs is 6. The third-order valence-corrected chi connectivity index (χ3v) is 4.15. The van der Waals surface area contributed by atoms with Crippen molar-refractivity contribution in [2.45, 2.75) is 31.9 Å². The average Bonchev–Trinajstić information content (AvgIpc) is 2.37. The van der Waals surface area contributed by atoms with Crippen LogP contribution in [0.5, 0.6) is 11.5 Å². The van der Waals surface area contributed by atoms with E-state index in [4.69, 9.17) is 9.15 Å². The lowest BCUT2D eigenvalue weighted by molar-refractivity contribution is 0.0992. The van der Waals surface area contributed by atoms with Gasteiger partial charge in [-0.25, -0.2) is 0 Å². The summed E-state index contributed by atoms with van der Waals surface area (Å²) in [5.74, 6) is 1.40. The lowest BCUT2D eigenvalue weighted by atomic mass is 9.85. The van der Waals surface area contributed by atoms with Gasteiger partial charge < -0.3 is 14.3 Å². The molecule has 0 radical (unpaired) electrons. The standard InChI is InChI=1S/C15H15NO4/c1-7-4-9(17)14-10(18)6-11-13(15(14)19-7)8-2-3-16-12(5-8)20-11/h4,6,8,12,16,18H,2-3,5H2,1H3. The molecule has 5 nitrogen and oxygen atoms in total. The van der Waals surface area contributed by atoms with E-state index in [1.54, 1.807) is 6.92 Å². The Labute approximate surface area is 115 Å². The van der Waals surface area contributed by atoms with Gasteiger partial charge in [0.25, 0.3) is 0 Å². The molecule has 2 aliphatic rings. The Morgan fingerprint density at radius 1 is 1.40 bits per heavy atom. The van der Waals surface area contributed by atoms with Gasteiger partial charge in [0.2, 0.25) is 0 Å². The van der Waals surface area contributed by atoms with Gasteiger partial charge in [0.1, 0.15) is 28.2 Å². The van der Waals surface area contributed by atoms with Crippen LogP contribution in [0.1, 0.15) is 30.1 Å². The molecule has 20 heavy (non-hydrogen) atoms. The molecule has 2 aliphatic heterocycles. The number of rotatable bonds is 0. The topological polar surface area (TPSA) is 71.7 Å². The van der Waals surface area contributed by atoms with Crippen LogP contribution >= 0.6 is 0 Å². The first-order valence-corrected chi connectivity index (χ1v) is 6.84. The first-order valence-electron chi connectivity index (χ1n) is 6.84. The van der Waals surface area contributed by atoms with Crippen molar-refractivity contribution in [3.63, 3.8) is 0 Å². The van der Waals surface area contributed by atoms with Gasteiger partial charge in [-0.1, -0.05) is 0 Å². The number of hydrogen-bond acceptors (Lipinski definition) is 5. The molecule has 2 N–H and O–H groups in total. The van der Waals surface area contributed by atoms with Gasteiger partial charge in [-0.15, -0.1) is 0 Å². The minimum absolute atomic E-state index is 0.0189. The molecule has 0 aliphatic carbocycles. The minimum atomic E-state index is -0.208. The Hall–Kier alpha value is -2.01. The number of benzene rings is 1. The zero-order valence-corrected chi connectivity index (χ0v) is 11.1. The highest BCUT2D eigenvalue weighted by Gasteiger charge is 2.35. The fraction of sp³-hybridized carbons (Fsp3) is 0.400. The summed E-state index contributed by atoms with van der Waals surface area (Å²) in [7, 11) is 0. The van der Waals surface area contributed by atoms with E-state index in [0.29, 0.717) is 23.0 Å². The summed E-state index contributed by atoms with van der Waals surface area (Å²) >= 11 is 0. The first-order chi connectivity index (χ1) is 9.63. The van der Waals surface area contributed by atoms with E-state index in [9.17, 15) is 9.90 Å². The second-order valence-electron chi connectivity index (χ2n) is 5.51. The maximum Gasteiger partial charge on any atom is 0.196 e. The quantitative estimate of drug-likeness (QED) is 0.768. The summed E-state index contributed by atoms with van der Waals surface area (Å²) in [5.41, 5.74) is 1.20. The molecular formula is C15H15NO4. The monoisotopic (exact) mass is 273 g/mol. The predicted octanol–water partition coefficient (Wildman–Crippen LogP) is 1.99. The smallest absolute Gasteiger partial charge is 0.196 e. The van der Waals surface area contributed by atoms with Gasteiger partial charge in [-0.05, 0) is 25.8 Å². The second-order valence-corrected chi connectivity index (χ2v) is 5.51. The van der Waals surface area contributed by atoms with Crippen molar-refractivity contribution in [1.82, 2.24) is 5.32 Å². The molecule has 0 amide bonds. The van der Waals surface area contributed by atoms with Crippen molar-refractivity contribution in [3.05, 3.63) is 33.7 Å². The van der Waals surface area contributed by atoms with Crippen LogP contribution in [0.2, 0.25) is 0 Å². The SMILES string of the molecule is Cc1cc(=O)c2c(O)cc3c(c2o1)C1CCNC(C1)O3. The number of aryl methyl sites for hydroxylation is 1. The van der Waals surface area contributed by atoms with E-state index in [1.165, 1.54) is 12.1 Å².